The van der Waals surface area contributed by atoms with Crippen molar-refractivity contribution in [3.8, 4) is 11.5 Å². The molecule has 0 bridgehead atoms. The molecule has 1 aliphatic rings. The van der Waals surface area contributed by atoms with Gasteiger partial charge in [-0.1, -0.05) is 47.5 Å². The Kier molecular flexibility index (Phi) is 6.61. The first-order valence-corrected chi connectivity index (χ1v) is 11.2. The number of aryl methyl sites for hydroxylation is 1. The highest BCUT2D eigenvalue weighted by atomic mass is 35.5. The number of hydrogen-bond acceptors (Lipinski definition) is 5. The van der Waals surface area contributed by atoms with Gasteiger partial charge in [-0.05, 0) is 50.2 Å². The maximum atomic E-state index is 13.4. The van der Waals surface area contributed by atoms with Gasteiger partial charge in [0.05, 0.1) is 30.4 Å². The second kappa shape index (κ2) is 9.61. The first-order chi connectivity index (χ1) is 16.4. The van der Waals surface area contributed by atoms with Gasteiger partial charge < -0.3 is 14.6 Å². The van der Waals surface area contributed by atoms with Crippen molar-refractivity contribution in [2.45, 2.75) is 19.9 Å². The van der Waals surface area contributed by atoms with Crippen molar-refractivity contribution in [1.29, 1.82) is 0 Å². The van der Waals surface area contributed by atoms with E-state index in [1.165, 1.54) is 12.0 Å². The van der Waals surface area contributed by atoms with E-state index in [9.17, 15) is 14.7 Å². The van der Waals surface area contributed by atoms with Crippen LogP contribution >= 0.6 is 11.6 Å². The number of aliphatic hydroxyl groups excluding tert-OH is 1. The first-order valence-electron chi connectivity index (χ1n) is 10.8. The predicted molar refractivity (Wildman–Crippen MR) is 132 cm³/mol. The average Bonchev–Trinajstić information content (AvgIpc) is 3.10. The highest BCUT2D eigenvalue weighted by Crippen LogP contribution is 2.45. The lowest BCUT2D eigenvalue weighted by Crippen LogP contribution is -2.29. The molecule has 3 aromatic rings. The lowest BCUT2D eigenvalue weighted by molar-refractivity contribution is -0.132. The van der Waals surface area contributed by atoms with Gasteiger partial charge >= 0.3 is 0 Å². The summed E-state index contributed by atoms with van der Waals surface area (Å²) in [5, 5.41) is 11.6. The molecule has 1 aliphatic heterocycles. The summed E-state index contributed by atoms with van der Waals surface area (Å²) in [6, 6.07) is 18.2. The number of hydrogen-bond donors (Lipinski definition) is 1. The molecule has 7 heteroatoms. The molecule has 1 atom stereocenters. The fourth-order valence-electron chi connectivity index (χ4n) is 4.08. The molecule has 0 aliphatic carbocycles. The zero-order valence-electron chi connectivity index (χ0n) is 19.0. The number of anilines is 1. The summed E-state index contributed by atoms with van der Waals surface area (Å²) in [6.45, 7) is 4.19. The van der Waals surface area contributed by atoms with Gasteiger partial charge in [0.1, 0.15) is 17.3 Å². The lowest BCUT2D eigenvalue weighted by Gasteiger charge is -2.26. The topological polar surface area (TPSA) is 76.1 Å². The van der Waals surface area contributed by atoms with Crippen LogP contribution in [0.1, 0.15) is 29.7 Å². The van der Waals surface area contributed by atoms with Gasteiger partial charge in [-0.3, -0.25) is 14.5 Å². The van der Waals surface area contributed by atoms with Gasteiger partial charge in [0.2, 0.25) is 0 Å². The molecule has 0 spiro atoms. The minimum Gasteiger partial charge on any atom is -0.507 e. The van der Waals surface area contributed by atoms with Crippen LogP contribution in [0.3, 0.4) is 0 Å². The predicted octanol–water partition coefficient (Wildman–Crippen LogP) is 5.68. The number of nitrogens with zero attached hydrogens (tertiary/aromatic N) is 1. The number of benzene rings is 3. The van der Waals surface area contributed by atoms with Crippen molar-refractivity contribution in [3.63, 3.8) is 0 Å². The number of rotatable bonds is 6. The number of amides is 1. The number of ether oxygens (including phenoxy) is 2. The molecule has 0 saturated carbocycles. The third-order valence-electron chi connectivity index (χ3n) is 5.69. The van der Waals surface area contributed by atoms with Gasteiger partial charge in [-0.2, -0.15) is 0 Å². The normalized spacial score (nSPS) is 17.2. The average molecular weight is 478 g/mol. The fourth-order valence-corrected chi connectivity index (χ4v) is 4.29. The molecule has 34 heavy (non-hydrogen) atoms. The summed E-state index contributed by atoms with van der Waals surface area (Å²) < 4.78 is 11.1. The van der Waals surface area contributed by atoms with Crippen LogP contribution in [0.4, 0.5) is 5.69 Å². The Morgan fingerprint density at radius 1 is 1.06 bits per heavy atom. The molecule has 1 heterocycles. The van der Waals surface area contributed by atoms with Crippen LogP contribution in [0.25, 0.3) is 5.76 Å². The summed E-state index contributed by atoms with van der Waals surface area (Å²) in [7, 11) is 1.51. The Balaban J connectivity index is 1.99. The van der Waals surface area contributed by atoms with Gasteiger partial charge in [-0.25, -0.2) is 0 Å². The first kappa shape index (κ1) is 23.4. The van der Waals surface area contributed by atoms with Crippen molar-refractivity contribution in [2.24, 2.45) is 0 Å². The maximum absolute atomic E-state index is 13.4. The largest absolute Gasteiger partial charge is 0.507 e. The molecule has 0 radical (unpaired) electrons. The molecule has 1 saturated heterocycles. The van der Waals surface area contributed by atoms with Crippen molar-refractivity contribution in [2.75, 3.05) is 18.6 Å². The highest BCUT2D eigenvalue weighted by molar-refractivity contribution is 6.52. The molecule has 1 N–H and O–H groups in total. The van der Waals surface area contributed by atoms with E-state index in [1.54, 1.807) is 54.6 Å². The Morgan fingerprint density at radius 2 is 1.76 bits per heavy atom. The summed E-state index contributed by atoms with van der Waals surface area (Å²) in [6.07, 6.45) is 0. The lowest BCUT2D eigenvalue weighted by atomic mass is 9.94. The van der Waals surface area contributed by atoms with E-state index < -0.39 is 17.7 Å². The van der Waals surface area contributed by atoms with E-state index in [4.69, 9.17) is 21.1 Å². The van der Waals surface area contributed by atoms with Crippen molar-refractivity contribution in [1.82, 2.24) is 0 Å². The second-order valence-corrected chi connectivity index (χ2v) is 8.23. The van der Waals surface area contributed by atoms with E-state index >= 15 is 0 Å². The monoisotopic (exact) mass is 477 g/mol. The van der Waals surface area contributed by atoms with Crippen LogP contribution in [0.5, 0.6) is 11.5 Å². The third kappa shape index (κ3) is 4.13. The van der Waals surface area contributed by atoms with E-state index in [1.807, 2.05) is 26.0 Å². The zero-order valence-corrected chi connectivity index (χ0v) is 19.8. The number of ketones is 1. The maximum Gasteiger partial charge on any atom is 0.300 e. The number of aliphatic hydroxyl groups is 1. The summed E-state index contributed by atoms with van der Waals surface area (Å²) in [4.78, 5) is 28.0. The van der Waals surface area contributed by atoms with Crippen LogP contribution < -0.4 is 14.4 Å². The zero-order chi connectivity index (χ0) is 24.4. The minimum atomic E-state index is -0.925. The van der Waals surface area contributed by atoms with Crippen LogP contribution in [0.2, 0.25) is 5.02 Å². The molecule has 1 fully saturated rings. The second-order valence-electron chi connectivity index (χ2n) is 7.82. The quantitative estimate of drug-likeness (QED) is 0.281. The summed E-state index contributed by atoms with van der Waals surface area (Å²) in [5.41, 5.74) is 2.22. The Bertz CT molecular complexity index is 1280. The van der Waals surface area contributed by atoms with Crippen LogP contribution in [0, 0.1) is 6.92 Å². The van der Waals surface area contributed by atoms with E-state index in [0.29, 0.717) is 29.4 Å². The van der Waals surface area contributed by atoms with Crippen LogP contribution in [-0.4, -0.2) is 30.5 Å². The number of para-hydroxylation sites is 1. The standard InChI is InChI=1S/C27H24ClNO5/c1-4-34-18-13-14-21(28)20(15-18)25(30)23-24(19-7-5-6-8-22(19)33-3)29(27(32)26(23)31)17-11-9-16(2)10-12-17/h5-15,24,30H,4H2,1-3H3/b25-23+. The molecule has 0 aromatic heterocycles. The number of carbonyl (C=O) groups is 2. The molecule has 3 aromatic carbocycles. The number of methoxy groups -OCH3 is 1. The van der Waals surface area contributed by atoms with E-state index in [0.717, 1.165) is 5.56 Å². The van der Waals surface area contributed by atoms with Crippen molar-refractivity contribution < 1.29 is 24.2 Å². The molecule has 1 amide bonds. The molecule has 174 valence electrons. The third-order valence-corrected chi connectivity index (χ3v) is 6.02. The fraction of sp³-hybridized carbons (Fsp3) is 0.185. The highest BCUT2D eigenvalue weighted by Gasteiger charge is 2.48. The Labute approximate surface area is 203 Å². The Hall–Kier alpha value is -3.77. The molecule has 1 unspecified atom stereocenters. The molecular weight excluding hydrogens is 454 g/mol. The number of Topliss-reactive ketones (excluding diaryl/α,β-unsaturated/α-hetero) is 1. The van der Waals surface area contributed by atoms with Crippen molar-refractivity contribution in [3.05, 3.63) is 94.0 Å². The van der Waals surface area contributed by atoms with E-state index in [-0.39, 0.29) is 21.9 Å². The van der Waals surface area contributed by atoms with Crippen LogP contribution in [-0.2, 0) is 9.59 Å². The number of carbonyl (C=O) groups excluding carboxylic acids is 2. The molecule has 4 rings (SSSR count). The van der Waals surface area contributed by atoms with Crippen molar-refractivity contribution >= 4 is 34.7 Å². The van der Waals surface area contributed by atoms with Crippen LogP contribution in [0.15, 0.2) is 72.3 Å². The van der Waals surface area contributed by atoms with Gasteiger partial charge in [0.15, 0.2) is 0 Å². The van der Waals surface area contributed by atoms with Gasteiger partial charge in [-0.15, -0.1) is 0 Å². The smallest absolute Gasteiger partial charge is 0.300 e. The summed E-state index contributed by atoms with van der Waals surface area (Å²) >= 11 is 6.39. The van der Waals surface area contributed by atoms with Gasteiger partial charge in [0.25, 0.3) is 11.7 Å². The van der Waals surface area contributed by atoms with E-state index in [2.05, 4.69) is 0 Å². The molecular formula is C27H24ClNO5. The Morgan fingerprint density at radius 3 is 2.44 bits per heavy atom. The van der Waals surface area contributed by atoms with Gasteiger partial charge in [0, 0.05) is 16.8 Å². The number of halogens is 1. The minimum absolute atomic E-state index is 0.0781. The summed E-state index contributed by atoms with van der Waals surface area (Å²) in [5.74, 6) is -0.984. The molecule has 6 nitrogen and oxygen atoms in total. The SMILES string of the molecule is CCOc1ccc(Cl)c(/C(O)=C2\C(=O)C(=O)N(c3ccc(C)cc3)C2c2ccccc2OC)c1.